The molecule has 0 spiro atoms. The standard InChI is InChI=1S/C23H27F3N4O4/c1-22(2,21(33)34)28-19(31)15-6-4-13(5-7-15)14-8-10-16(11-9-14)27-20(32)17-12-18(23(24,25)26)29-30(17)3/h8-13,15H,4-7H2,1-3H3,(H,27,32)(H,28,31)(H,33,34). The maximum absolute atomic E-state index is 12.8. The molecule has 3 rings (SSSR count). The molecule has 0 atom stereocenters. The van der Waals surface area contributed by atoms with E-state index in [1.165, 1.54) is 20.9 Å². The van der Waals surface area contributed by atoms with Crippen molar-refractivity contribution in [2.45, 2.75) is 57.2 Å². The molecule has 1 aliphatic carbocycles. The smallest absolute Gasteiger partial charge is 0.435 e. The SMILES string of the molecule is Cn1nc(C(F)(F)F)cc1C(=O)Nc1ccc(C2CCC(C(=O)NC(C)(C)C(=O)O)CC2)cc1. The van der Waals surface area contributed by atoms with Crippen molar-refractivity contribution in [1.29, 1.82) is 0 Å². The van der Waals surface area contributed by atoms with E-state index in [1.54, 1.807) is 12.1 Å². The van der Waals surface area contributed by atoms with E-state index in [4.69, 9.17) is 0 Å². The van der Waals surface area contributed by atoms with Crippen LogP contribution in [0.5, 0.6) is 0 Å². The summed E-state index contributed by atoms with van der Waals surface area (Å²) in [5.41, 5.74) is -1.20. The number of carboxylic acid groups (broad SMARTS) is 1. The molecule has 11 heteroatoms. The van der Waals surface area contributed by atoms with Crippen LogP contribution in [0.3, 0.4) is 0 Å². The summed E-state index contributed by atoms with van der Waals surface area (Å²) in [6.07, 6.45) is -1.86. The van der Waals surface area contributed by atoms with Gasteiger partial charge in [0, 0.05) is 24.7 Å². The van der Waals surface area contributed by atoms with Crippen molar-refractivity contribution in [3.63, 3.8) is 0 Å². The molecule has 1 aliphatic rings. The fraction of sp³-hybridized carbons (Fsp3) is 0.478. The van der Waals surface area contributed by atoms with E-state index in [2.05, 4.69) is 15.7 Å². The van der Waals surface area contributed by atoms with Gasteiger partial charge in [0.1, 0.15) is 11.2 Å². The molecule has 1 heterocycles. The Bertz CT molecular complexity index is 1070. The van der Waals surface area contributed by atoms with Crippen LogP contribution in [0.25, 0.3) is 0 Å². The first-order chi connectivity index (χ1) is 15.8. The van der Waals surface area contributed by atoms with Gasteiger partial charge in [-0.25, -0.2) is 4.79 Å². The van der Waals surface area contributed by atoms with E-state index < -0.39 is 29.3 Å². The predicted molar refractivity (Wildman–Crippen MR) is 117 cm³/mol. The lowest BCUT2D eigenvalue weighted by molar-refractivity contribution is -0.147. The van der Waals surface area contributed by atoms with E-state index >= 15 is 0 Å². The number of alkyl halides is 3. The van der Waals surface area contributed by atoms with Gasteiger partial charge in [0.15, 0.2) is 5.69 Å². The molecular weight excluding hydrogens is 453 g/mol. The third-order valence-corrected chi connectivity index (χ3v) is 6.11. The third-order valence-electron chi connectivity index (χ3n) is 6.11. The number of benzene rings is 1. The van der Waals surface area contributed by atoms with E-state index in [0.717, 1.165) is 23.1 Å². The highest BCUT2D eigenvalue weighted by molar-refractivity contribution is 6.03. The molecular formula is C23H27F3N4O4. The summed E-state index contributed by atoms with van der Waals surface area (Å²) in [4.78, 5) is 36.0. The molecule has 0 saturated heterocycles. The lowest BCUT2D eigenvalue weighted by Gasteiger charge is -2.30. The van der Waals surface area contributed by atoms with Crippen LogP contribution < -0.4 is 10.6 Å². The molecule has 2 amide bonds. The minimum absolute atomic E-state index is 0.209. The number of nitrogens with zero attached hydrogens (tertiary/aromatic N) is 2. The number of carbonyl (C=O) groups excluding carboxylic acids is 2. The number of rotatable bonds is 6. The molecule has 3 N–H and O–H groups in total. The molecule has 0 aliphatic heterocycles. The first-order valence-corrected chi connectivity index (χ1v) is 10.9. The summed E-state index contributed by atoms with van der Waals surface area (Å²) in [5, 5.41) is 17.7. The van der Waals surface area contributed by atoms with Crippen molar-refractivity contribution in [2.24, 2.45) is 13.0 Å². The topological polar surface area (TPSA) is 113 Å². The molecule has 0 radical (unpaired) electrons. The third kappa shape index (κ3) is 5.75. The van der Waals surface area contributed by atoms with Crippen LogP contribution in [-0.4, -0.2) is 38.2 Å². The van der Waals surface area contributed by atoms with Gasteiger partial charge in [-0.1, -0.05) is 12.1 Å². The Morgan fingerprint density at radius 3 is 2.15 bits per heavy atom. The van der Waals surface area contributed by atoms with Gasteiger partial charge in [0.25, 0.3) is 5.91 Å². The van der Waals surface area contributed by atoms with E-state index in [9.17, 15) is 32.7 Å². The molecule has 2 aromatic rings. The quantitative estimate of drug-likeness (QED) is 0.580. The first kappa shape index (κ1) is 25.3. The molecule has 1 aromatic carbocycles. The van der Waals surface area contributed by atoms with Crippen LogP contribution in [0.4, 0.5) is 18.9 Å². The fourth-order valence-electron chi connectivity index (χ4n) is 4.00. The zero-order chi connectivity index (χ0) is 25.3. The second-order valence-electron chi connectivity index (χ2n) is 9.08. The van der Waals surface area contributed by atoms with Gasteiger partial charge in [-0.15, -0.1) is 0 Å². The fourth-order valence-corrected chi connectivity index (χ4v) is 4.00. The number of hydrogen-bond donors (Lipinski definition) is 3. The summed E-state index contributed by atoms with van der Waals surface area (Å²) >= 11 is 0. The largest absolute Gasteiger partial charge is 0.480 e. The number of aryl methyl sites for hydroxylation is 1. The second-order valence-corrected chi connectivity index (χ2v) is 9.08. The van der Waals surface area contributed by atoms with Gasteiger partial charge in [-0.2, -0.15) is 18.3 Å². The summed E-state index contributed by atoms with van der Waals surface area (Å²) in [6, 6.07) is 7.76. The zero-order valence-corrected chi connectivity index (χ0v) is 19.1. The van der Waals surface area contributed by atoms with Gasteiger partial charge >= 0.3 is 12.1 Å². The number of carboxylic acids is 1. The number of nitrogens with one attached hydrogen (secondary N) is 2. The Hall–Kier alpha value is -3.37. The van der Waals surface area contributed by atoms with Crippen molar-refractivity contribution in [3.05, 3.63) is 47.3 Å². The van der Waals surface area contributed by atoms with Crippen molar-refractivity contribution >= 4 is 23.5 Å². The zero-order valence-electron chi connectivity index (χ0n) is 19.1. The molecule has 0 unspecified atom stereocenters. The lowest BCUT2D eigenvalue weighted by atomic mass is 9.78. The average molecular weight is 480 g/mol. The van der Waals surface area contributed by atoms with E-state index in [0.29, 0.717) is 24.6 Å². The van der Waals surface area contributed by atoms with Gasteiger partial charge in [0.2, 0.25) is 5.91 Å². The summed E-state index contributed by atoms with van der Waals surface area (Å²) < 4.78 is 39.3. The van der Waals surface area contributed by atoms with Gasteiger partial charge in [-0.05, 0) is 63.1 Å². The van der Waals surface area contributed by atoms with Crippen LogP contribution in [0.15, 0.2) is 30.3 Å². The number of halogens is 3. The Kier molecular flexibility index (Phi) is 7.04. The Labute approximate surface area is 194 Å². The normalized spacial score (nSPS) is 18.9. The summed E-state index contributed by atoms with van der Waals surface area (Å²) in [5.74, 6) is -2.07. The van der Waals surface area contributed by atoms with E-state index in [-0.39, 0.29) is 23.4 Å². The Balaban J connectivity index is 1.57. The van der Waals surface area contributed by atoms with Crippen LogP contribution >= 0.6 is 0 Å². The summed E-state index contributed by atoms with van der Waals surface area (Å²) in [7, 11) is 1.27. The second kappa shape index (κ2) is 9.47. The van der Waals surface area contributed by atoms with Crippen LogP contribution in [0.2, 0.25) is 0 Å². The van der Waals surface area contributed by atoms with Crippen molar-refractivity contribution in [3.8, 4) is 0 Å². The van der Waals surface area contributed by atoms with Crippen LogP contribution in [0.1, 0.15) is 67.2 Å². The number of aromatic nitrogens is 2. The number of hydrogen-bond acceptors (Lipinski definition) is 4. The molecule has 0 bridgehead atoms. The van der Waals surface area contributed by atoms with Crippen molar-refractivity contribution in [1.82, 2.24) is 15.1 Å². The predicted octanol–water partition coefficient (Wildman–Crippen LogP) is 3.94. The highest BCUT2D eigenvalue weighted by atomic mass is 19.4. The number of amides is 2. The lowest BCUT2D eigenvalue weighted by Crippen LogP contribution is -2.51. The monoisotopic (exact) mass is 480 g/mol. The molecule has 8 nitrogen and oxygen atoms in total. The molecule has 184 valence electrons. The Morgan fingerprint density at radius 2 is 1.65 bits per heavy atom. The minimum Gasteiger partial charge on any atom is -0.480 e. The first-order valence-electron chi connectivity index (χ1n) is 10.9. The van der Waals surface area contributed by atoms with E-state index in [1.807, 2.05) is 12.1 Å². The summed E-state index contributed by atoms with van der Waals surface area (Å²) in [6.45, 7) is 2.89. The van der Waals surface area contributed by atoms with Crippen molar-refractivity contribution in [2.75, 3.05) is 5.32 Å². The van der Waals surface area contributed by atoms with Crippen LogP contribution in [-0.2, 0) is 22.8 Å². The average Bonchev–Trinajstić information content (AvgIpc) is 3.16. The maximum Gasteiger partial charge on any atom is 0.435 e. The Morgan fingerprint density at radius 1 is 1.06 bits per heavy atom. The molecule has 1 saturated carbocycles. The number of aliphatic carboxylic acids is 1. The number of carbonyl (C=O) groups is 3. The highest BCUT2D eigenvalue weighted by Crippen LogP contribution is 2.36. The van der Waals surface area contributed by atoms with Gasteiger partial charge in [0.05, 0.1) is 0 Å². The van der Waals surface area contributed by atoms with Gasteiger partial charge < -0.3 is 15.7 Å². The highest BCUT2D eigenvalue weighted by Gasteiger charge is 2.36. The maximum atomic E-state index is 12.8. The molecule has 1 aromatic heterocycles. The minimum atomic E-state index is -4.63. The van der Waals surface area contributed by atoms with Crippen molar-refractivity contribution < 1.29 is 32.7 Å². The molecule has 1 fully saturated rings. The number of anilines is 1. The molecule has 34 heavy (non-hydrogen) atoms. The van der Waals surface area contributed by atoms with Crippen LogP contribution in [0, 0.1) is 5.92 Å². The van der Waals surface area contributed by atoms with Gasteiger partial charge in [-0.3, -0.25) is 14.3 Å².